The first kappa shape index (κ1) is 6.78. The van der Waals surface area contributed by atoms with Crippen molar-refractivity contribution >= 4 is 5.82 Å². The summed E-state index contributed by atoms with van der Waals surface area (Å²) in [5.41, 5.74) is 5.61. The quantitative estimate of drug-likeness (QED) is 0.650. The zero-order valence-corrected chi connectivity index (χ0v) is 6.25. The van der Waals surface area contributed by atoms with Gasteiger partial charge in [-0.05, 0) is 0 Å². The smallest absolute Gasteiger partial charge is 0.159 e. The van der Waals surface area contributed by atoms with Crippen molar-refractivity contribution in [2.45, 2.75) is 0 Å². The maximum Gasteiger partial charge on any atom is 0.159 e. The van der Waals surface area contributed by atoms with Crippen molar-refractivity contribution in [3.05, 3.63) is 30.9 Å². The normalized spacial score (nSPS) is 10.0. The van der Waals surface area contributed by atoms with Gasteiger partial charge in [-0.1, -0.05) is 0 Å². The molecule has 0 saturated heterocycles. The second-order valence-electron chi connectivity index (χ2n) is 2.24. The Bertz CT molecular complexity index is 366. The number of rotatable bonds is 1. The van der Waals surface area contributed by atoms with Crippen LogP contribution < -0.4 is 5.73 Å². The minimum atomic E-state index is 0.564. The van der Waals surface area contributed by atoms with Gasteiger partial charge in [0.1, 0.15) is 12.1 Å². The molecule has 0 aliphatic heterocycles. The summed E-state index contributed by atoms with van der Waals surface area (Å²) in [5.74, 6) is 1.24. The zero-order chi connectivity index (χ0) is 8.39. The third kappa shape index (κ3) is 1.01. The minimum absolute atomic E-state index is 0.564. The van der Waals surface area contributed by atoms with E-state index in [0.717, 1.165) is 0 Å². The molecule has 0 bridgehead atoms. The van der Waals surface area contributed by atoms with Crippen LogP contribution in [-0.4, -0.2) is 19.7 Å². The van der Waals surface area contributed by atoms with E-state index in [1.54, 1.807) is 29.2 Å². The number of anilines is 1. The summed E-state index contributed by atoms with van der Waals surface area (Å²) in [6.07, 6.45) is 4.72. The van der Waals surface area contributed by atoms with E-state index in [-0.39, 0.29) is 0 Å². The Labute approximate surface area is 68.9 Å². The first-order valence-electron chi connectivity index (χ1n) is 3.44. The highest BCUT2D eigenvalue weighted by Crippen LogP contribution is 2.06. The Morgan fingerprint density at radius 2 is 2.17 bits per heavy atom. The van der Waals surface area contributed by atoms with Crippen LogP contribution in [0.25, 0.3) is 5.82 Å². The fraction of sp³-hybridized carbons (Fsp3) is 0. The number of nitrogens with zero attached hydrogens (tertiary/aromatic N) is 4. The van der Waals surface area contributed by atoms with E-state index in [4.69, 9.17) is 5.73 Å². The molecule has 0 aromatic carbocycles. The van der Waals surface area contributed by atoms with E-state index in [1.807, 2.05) is 0 Å². The second-order valence-corrected chi connectivity index (χ2v) is 2.24. The largest absolute Gasteiger partial charge is 0.384 e. The summed E-state index contributed by atoms with van der Waals surface area (Å²) >= 11 is 0. The van der Waals surface area contributed by atoms with E-state index in [0.29, 0.717) is 11.6 Å². The maximum absolute atomic E-state index is 5.61. The molecule has 0 aliphatic rings. The van der Waals surface area contributed by atoms with Gasteiger partial charge in [-0.25, -0.2) is 9.97 Å². The van der Waals surface area contributed by atoms with E-state index in [2.05, 4.69) is 15.1 Å². The van der Waals surface area contributed by atoms with Crippen molar-refractivity contribution in [2.24, 2.45) is 0 Å². The van der Waals surface area contributed by atoms with Gasteiger partial charge in [0, 0.05) is 18.3 Å². The van der Waals surface area contributed by atoms with Crippen molar-refractivity contribution in [1.29, 1.82) is 0 Å². The van der Waals surface area contributed by atoms with Gasteiger partial charge in [-0.3, -0.25) is 0 Å². The molecule has 0 atom stereocenters. The molecule has 12 heavy (non-hydrogen) atoms. The molecule has 5 heteroatoms. The van der Waals surface area contributed by atoms with Gasteiger partial charge in [0.25, 0.3) is 0 Å². The fourth-order valence-electron chi connectivity index (χ4n) is 0.914. The molecule has 0 amide bonds. The third-order valence-corrected chi connectivity index (χ3v) is 1.46. The number of hydrogen-bond donors (Lipinski definition) is 1. The van der Waals surface area contributed by atoms with Crippen LogP contribution in [0, 0.1) is 0 Å². The molecule has 2 rings (SSSR count). The highest BCUT2D eigenvalue weighted by atomic mass is 15.3. The van der Waals surface area contributed by atoms with Crippen molar-refractivity contribution in [2.75, 3.05) is 5.73 Å². The summed E-state index contributed by atoms with van der Waals surface area (Å²) in [6.45, 7) is 0. The molecule has 5 nitrogen and oxygen atoms in total. The predicted octanol–water partition coefficient (Wildman–Crippen LogP) is 0.244. The summed E-state index contributed by atoms with van der Waals surface area (Å²) in [4.78, 5) is 7.78. The molecule has 2 aromatic heterocycles. The molecule has 0 saturated carbocycles. The Balaban J connectivity index is 2.51. The van der Waals surface area contributed by atoms with E-state index >= 15 is 0 Å². The molecule has 0 aliphatic carbocycles. The molecular weight excluding hydrogens is 154 g/mol. The van der Waals surface area contributed by atoms with E-state index in [9.17, 15) is 0 Å². The van der Waals surface area contributed by atoms with Crippen LogP contribution in [0.2, 0.25) is 0 Å². The summed E-state index contributed by atoms with van der Waals surface area (Å²) in [7, 11) is 0. The lowest BCUT2D eigenvalue weighted by molar-refractivity contribution is 0.849. The molecule has 2 aromatic rings. The lowest BCUT2D eigenvalue weighted by atomic mass is 10.6. The summed E-state index contributed by atoms with van der Waals surface area (Å²) < 4.78 is 1.54. The van der Waals surface area contributed by atoms with Crippen molar-refractivity contribution in [3.8, 4) is 5.82 Å². The minimum Gasteiger partial charge on any atom is -0.384 e. The average Bonchev–Trinajstić information content (AvgIpc) is 2.53. The van der Waals surface area contributed by atoms with Gasteiger partial charge >= 0.3 is 0 Å². The Morgan fingerprint density at radius 3 is 2.75 bits per heavy atom. The van der Waals surface area contributed by atoms with Gasteiger partial charge in [0.2, 0.25) is 0 Å². The lowest BCUT2D eigenvalue weighted by Crippen LogP contribution is -2.03. The van der Waals surface area contributed by atoms with Crippen LogP contribution in [0.1, 0.15) is 0 Å². The molecule has 60 valence electrons. The molecule has 0 fully saturated rings. The first-order valence-corrected chi connectivity index (χ1v) is 3.44. The number of aromatic nitrogens is 4. The summed E-state index contributed by atoms with van der Waals surface area (Å²) in [6, 6.07) is 3.45. The van der Waals surface area contributed by atoms with Gasteiger partial charge in [-0.2, -0.15) is 9.78 Å². The average molecular weight is 161 g/mol. The van der Waals surface area contributed by atoms with Crippen molar-refractivity contribution in [1.82, 2.24) is 19.7 Å². The second kappa shape index (κ2) is 2.61. The van der Waals surface area contributed by atoms with Crippen LogP contribution >= 0.6 is 0 Å². The van der Waals surface area contributed by atoms with Crippen LogP contribution in [0.15, 0.2) is 30.9 Å². The van der Waals surface area contributed by atoms with E-state index < -0.39 is 0 Å². The predicted molar refractivity (Wildman–Crippen MR) is 43.6 cm³/mol. The molecule has 0 radical (unpaired) electrons. The van der Waals surface area contributed by atoms with Crippen LogP contribution in [0.5, 0.6) is 0 Å². The van der Waals surface area contributed by atoms with Gasteiger partial charge in [-0.15, -0.1) is 0 Å². The molecule has 2 N–H and O–H groups in total. The number of nitrogen functional groups attached to an aromatic ring is 1. The Morgan fingerprint density at radius 1 is 1.25 bits per heavy atom. The Kier molecular flexibility index (Phi) is 1.48. The zero-order valence-electron chi connectivity index (χ0n) is 6.25. The van der Waals surface area contributed by atoms with Gasteiger partial charge < -0.3 is 5.73 Å². The highest BCUT2D eigenvalue weighted by molar-refractivity contribution is 5.35. The molecular formula is C7H7N5. The lowest BCUT2D eigenvalue weighted by Gasteiger charge is -1.99. The molecule has 0 unspecified atom stereocenters. The van der Waals surface area contributed by atoms with Gasteiger partial charge in [0.15, 0.2) is 5.82 Å². The summed E-state index contributed by atoms with van der Waals surface area (Å²) in [5, 5.41) is 3.99. The maximum atomic E-state index is 5.61. The Hall–Kier alpha value is -1.91. The first-order chi connectivity index (χ1) is 5.88. The topological polar surface area (TPSA) is 69.6 Å². The van der Waals surface area contributed by atoms with Crippen LogP contribution in [0.4, 0.5) is 5.82 Å². The van der Waals surface area contributed by atoms with Crippen molar-refractivity contribution in [3.63, 3.8) is 0 Å². The SMILES string of the molecule is Nc1ccnn1-c1ccncn1. The van der Waals surface area contributed by atoms with Crippen LogP contribution in [-0.2, 0) is 0 Å². The fourth-order valence-corrected chi connectivity index (χ4v) is 0.914. The van der Waals surface area contributed by atoms with Gasteiger partial charge in [0.05, 0.1) is 6.20 Å². The molecule has 0 spiro atoms. The van der Waals surface area contributed by atoms with E-state index in [1.165, 1.54) is 6.33 Å². The van der Waals surface area contributed by atoms with Crippen molar-refractivity contribution < 1.29 is 0 Å². The monoisotopic (exact) mass is 161 g/mol. The molecule has 2 heterocycles. The number of nitrogens with two attached hydrogens (primary N) is 1. The van der Waals surface area contributed by atoms with Crippen LogP contribution in [0.3, 0.4) is 0 Å². The highest BCUT2D eigenvalue weighted by Gasteiger charge is 1.99. The standard InChI is InChI=1S/C7H7N5/c8-6-1-4-11-12(6)7-2-3-9-5-10-7/h1-5H,8H2. The number of hydrogen-bond acceptors (Lipinski definition) is 4. The third-order valence-electron chi connectivity index (χ3n) is 1.46.